The first-order chi connectivity index (χ1) is 8.79. The second kappa shape index (κ2) is 4.74. The summed E-state index contributed by atoms with van der Waals surface area (Å²) in [5.74, 6) is 0. The van der Waals surface area contributed by atoms with Crippen molar-refractivity contribution in [3.63, 3.8) is 0 Å². The predicted octanol–water partition coefficient (Wildman–Crippen LogP) is 2.42. The molecule has 2 aromatic rings. The normalized spacial score (nSPS) is 23.6. The monoisotopic (exact) mass is 262 g/mol. The number of carbonyl (C=O) groups excluding carboxylic acids is 1. The molecule has 0 aromatic carbocycles. The summed E-state index contributed by atoms with van der Waals surface area (Å²) >= 11 is 1.65. The zero-order chi connectivity index (χ0) is 12.5. The average Bonchev–Trinajstić information content (AvgIpc) is 2.93. The van der Waals surface area contributed by atoms with Crippen molar-refractivity contribution in [2.75, 3.05) is 6.61 Å². The third kappa shape index (κ3) is 1.93. The lowest BCUT2D eigenvalue weighted by Gasteiger charge is -2.11. The molecule has 0 N–H and O–H groups in total. The van der Waals surface area contributed by atoms with Crippen LogP contribution in [0.4, 0.5) is 0 Å². The molecule has 1 fully saturated rings. The first-order valence-corrected chi connectivity index (χ1v) is 6.88. The van der Waals surface area contributed by atoms with E-state index >= 15 is 0 Å². The van der Waals surface area contributed by atoms with E-state index in [1.165, 1.54) is 0 Å². The molecule has 0 radical (unpaired) electrons. The van der Waals surface area contributed by atoms with Gasteiger partial charge in [0.15, 0.2) is 6.29 Å². The maximum Gasteiger partial charge on any atom is 0.169 e. The predicted molar refractivity (Wildman–Crippen MR) is 70.3 cm³/mol. The number of rotatable bonds is 3. The second-order valence-electron chi connectivity index (χ2n) is 4.37. The molecule has 1 saturated heterocycles. The molecule has 0 saturated carbocycles. The number of carbonyl (C=O) groups is 1. The Morgan fingerprint density at radius 3 is 3.17 bits per heavy atom. The van der Waals surface area contributed by atoms with Gasteiger partial charge in [0, 0.05) is 18.1 Å². The zero-order valence-electron chi connectivity index (χ0n) is 10.1. The maximum atomic E-state index is 11.3. The van der Waals surface area contributed by atoms with Crippen molar-refractivity contribution >= 4 is 23.7 Å². The van der Waals surface area contributed by atoms with Crippen LogP contribution in [-0.4, -0.2) is 33.6 Å². The molecule has 4 nitrogen and oxygen atoms in total. The van der Waals surface area contributed by atoms with Crippen LogP contribution in [0.1, 0.15) is 23.8 Å². The Morgan fingerprint density at radius 2 is 2.44 bits per heavy atom. The average molecular weight is 262 g/mol. The lowest BCUT2D eigenvalue weighted by atomic mass is 10.3. The highest BCUT2D eigenvalue weighted by Crippen LogP contribution is 2.33. The van der Waals surface area contributed by atoms with Gasteiger partial charge < -0.3 is 4.74 Å². The smallest absolute Gasteiger partial charge is 0.169 e. The number of fused-ring (bicyclic) bond motifs is 1. The van der Waals surface area contributed by atoms with Crippen LogP contribution in [0.5, 0.6) is 0 Å². The number of imidazole rings is 1. The van der Waals surface area contributed by atoms with E-state index in [9.17, 15) is 4.79 Å². The molecule has 2 unspecified atom stereocenters. The lowest BCUT2D eigenvalue weighted by molar-refractivity contribution is 0.111. The number of hydrogen-bond donors (Lipinski definition) is 0. The van der Waals surface area contributed by atoms with E-state index in [-0.39, 0.29) is 6.10 Å². The highest BCUT2D eigenvalue weighted by molar-refractivity contribution is 8.00. The van der Waals surface area contributed by atoms with Gasteiger partial charge in [-0.25, -0.2) is 4.98 Å². The van der Waals surface area contributed by atoms with Crippen molar-refractivity contribution in [1.82, 2.24) is 9.38 Å². The van der Waals surface area contributed by atoms with Crippen LogP contribution in [0.25, 0.3) is 5.65 Å². The van der Waals surface area contributed by atoms with Crippen LogP contribution in [0.15, 0.2) is 29.4 Å². The lowest BCUT2D eigenvalue weighted by Crippen LogP contribution is -2.13. The van der Waals surface area contributed by atoms with E-state index in [1.807, 2.05) is 28.8 Å². The highest BCUT2D eigenvalue weighted by atomic mass is 32.2. The summed E-state index contributed by atoms with van der Waals surface area (Å²) in [7, 11) is 0. The number of thioether (sulfide) groups is 1. The molecule has 0 amide bonds. The van der Waals surface area contributed by atoms with Crippen molar-refractivity contribution in [3.8, 4) is 0 Å². The molecule has 1 aliphatic rings. The Hall–Kier alpha value is -1.33. The largest absolute Gasteiger partial charge is 0.377 e. The number of aromatic nitrogens is 2. The third-order valence-electron chi connectivity index (χ3n) is 3.21. The number of nitrogens with zero attached hydrogens (tertiary/aromatic N) is 2. The van der Waals surface area contributed by atoms with Crippen LogP contribution >= 0.6 is 11.8 Å². The molecule has 1 aliphatic heterocycles. The topological polar surface area (TPSA) is 43.6 Å². The van der Waals surface area contributed by atoms with Gasteiger partial charge in [0.05, 0.1) is 6.10 Å². The molecule has 0 spiro atoms. The van der Waals surface area contributed by atoms with Gasteiger partial charge in [0.1, 0.15) is 16.4 Å². The summed E-state index contributed by atoms with van der Waals surface area (Å²) in [5.41, 5.74) is 1.45. The fourth-order valence-electron chi connectivity index (χ4n) is 2.20. The van der Waals surface area contributed by atoms with E-state index in [0.29, 0.717) is 10.9 Å². The van der Waals surface area contributed by atoms with Crippen molar-refractivity contribution in [1.29, 1.82) is 0 Å². The van der Waals surface area contributed by atoms with E-state index in [2.05, 4.69) is 11.9 Å². The van der Waals surface area contributed by atoms with E-state index in [0.717, 1.165) is 30.0 Å². The van der Waals surface area contributed by atoms with Gasteiger partial charge in [-0.1, -0.05) is 17.8 Å². The summed E-state index contributed by atoms with van der Waals surface area (Å²) in [6, 6.07) is 5.73. The number of pyridine rings is 1. The SMILES string of the molecule is CC1OCCC1Sc1nc2ccccn2c1C=O. The first-order valence-electron chi connectivity index (χ1n) is 6.00. The van der Waals surface area contributed by atoms with Crippen molar-refractivity contribution in [3.05, 3.63) is 30.1 Å². The Labute approximate surface area is 109 Å². The number of ether oxygens (including phenoxy) is 1. The van der Waals surface area contributed by atoms with Gasteiger partial charge in [-0.2, -0.15) is 0 Å². The van der Waals surface area contributed by atoms with Crippen molar-refractivity contribution in [2.24, 2.45) is 0 Å². The minimum atomic E-state index is 0.222. The molecule has 18 heavy (non-hydrogen) atoms. The molecule has 3 rings (SSSR count). The van der Waals surface area contributed by atoms with E-state index in [4.69, 9.17) is 4.74 Å². The number of hydrogen-bond acceptors (Lipinski definition) is 4. The molecular weight excluding hydrogens is 248 g/mol. The Kier molecular flexibility index (Phi) is 3.09. The molecule has 3 heterocycles. The molecule has 0 bridgehead atoms. The zero-order valence-corrected chi connectivity index (χ0v) is 10.9. The van der Waals surface area contributed by atoms with Gasteiger partial charge >= 0.3 is 0 Å². The van der Waals surface area contributed by atoms with Gasteiger partial charge in [0.25, 0.3) is 0 Å². The van der Waals surface area contributed by atoms with E-state index in [1.54, 1.807) is 11.8 Å². The van der Waals surface area contributed by atoms with Gasteiger partial charge in [-0.3, -0.25) is 9.20 Å². The van der Waals surface area contributed by atoms with E-state index < -0.39 is 0 Å². The van der Waals surface area contributed by atoms with Crippen molar-refractivity contribution < 1.29 is 9.53 Å². The molecule has 2 aromatic heterocycles. The minimum Gasteiger partial charge on any atom is -0.377 e. The van der Waals surface area contributed by atoms with Gasteiger partial charge in [-0.05, 0) is 25.5 Å². The molecule has 2 atom stereocenters. The van der Waals surface area contributed by atoms with Gasteiger partial charge in [-0.15, -0.1) is 0 Å². The minimum absolute atomic E-state index is 0.222. The molecule has 0 aliphatic carbocycles. The van der Waals surface area contributed by atoms with Crippen LogP contribution in [-0.2, 0) is 4.74 Å². The first kappa shape index (κ1) is 11.7. The van der Waals surface area contributed by atoms with Crippen LogP contribution in [0.3, 0.4) is 0 Å². The third-order valence-corrected chi connectivity index (χ3v) is 4.66. The Balaban J connectivity index is 1.98. The van der Waals surface area contributed by atoms with Crippen LogP contribution < -0.4 is 0 Å². The second-order valence-corrected chi connectivity index (χ2v) is 5.60. The fraction of sp³-hybridized carbons (Fsp3) is 0.385. The van der Waals surface area contributed by atoms with Gasteiger partial charge in [0.2, 0.25) is 0 Å². The maximum absolute atomic E-state index is 11.3. The summed E-state index contributed by atoms with van der Waals surface area (Å²) in [4.78, 5) is 15.8. The summed E-state index contributed by atoms with van der Waals surface area (Å²) in [5, 5.41) is 1.19. The molecule has 5 heteroatoms. The number of aldehydes is 1. The van der Waals surface area contributed by atoms with Crippen LogP contribution in [0.2, 0.25) is 0 Å². The Morgan fingerprint density at radius 1 is 1.56 bits per heavy atom. The molecular formula is C13H14N2O2S. The standard InChI is InChI=1S/C13H14N2O2S/c1-9-11(5-7-17-9)18-13-10(8-16)15-6-3-2-4-12(15)14-13/h2-4,6,8-9,11H,5,7H2,1H3. The fourth-order valence-corrected chi connectivity index (χ4v) is 3.38. The molecule has 94 valence electrons. The highest BCUT2D eigenvalue weighted by Gasteiger charge is 2.27. The summed E-state index contributed by atoms with van der Waals surface area (Å²) < 4.78 is 7.37. The van der Waals surface area contributed by atoms with Crippen molar-refractivity contribution in [2.45, 2.75) is 29.7 Å². The summed E-state index contributed by atoms with van der Waals surface area (Å²) in [6.45, 7) is 2.86. The van der Waals surface area contributed by atoms with Crippen LogP contribution in [0, 0.1) is 0 Å². The quantitative estimate of drug-likeness (QED) is 0.797. The summed E-state index contributed by atoms with van der Waals surface area (Å²) in [6.07, 6.45) is 3.98. The Bertz CT molecular complexity index is 581.